The van der Waals surface area contributed by atoms with Crippen LogP contribution >= 0.6 is 0 Å². The number of hydrogen-bond acceptors (Lipinski definition) is 6. The Hall–Kier alpha value is -2.83. The summed E-state index contributed by atoms with van der Waals surface area (Å²) in [5, 5.41) is 3.25. The van der Waals surface area contributed by atoms with E-state index in [2.05, 4.69) is 29.0 Å². The number of nitrogens with one attached hydrogen (secondary N) is 1. The molecule has 1 aliphatic carbocycles. The number of fused-ring (bicyclic) bond motifs is 2. The van der Waals surface area contributed by atoms with Gasteiger partial charge >= 0.3 is 0 Å². The van der Waals surface area contributed by atoms with Gasteiger partial charge in [-0.05, 0) is 55.2 Å². The minimum atomic E-state index is -0.0457. The van der Waals surface area contributed by atoms with Crippen LogP contribution in [0.1, 0.15) is 62.4 Å². The fraction of sp³-hybridized carbons (Fsp3) is 0.542. The minimum absolute atomic E-state index is 0.0457. The number of rotatable bonds is 5. The number of carbonyl (C=O) groups excluding carboxylic acids is 1. The van der Waals surface area contributed by atoms with Crippen molar-refractivity contribution in [3.63, 3.8) is 0 Å². The van der Waals surface area contributed by atoms with E-state index in [1.54, 1.807) is 0 Å². The molecule has 164 valence electrons. The first kappa shape index (κ1) is 20.1. The Morgan fingerprint density at radius 1 is 1.23 bits per heavy atom. The summed E-state index contributed by atoms with van der Waals surface area (Å²) in [6, 6.07) is 5.82. The second-order valence-electron chi connectivity index (χ2n) is 9.62. The van der Waals surface area contributed by atoms with Crippen LogP contribution in [0.25, 0.3) is 0 Å². The smallest absolute Gasteiger partial charge is 0.231 e. The van der Waals surface area contributed by atoms with E-state index in [0.29, 0.717) is 12.8 Å². The highest BCUT2D eigenvalue weighted by Gasteiger charge is 2.35. The van der Waals surface area contributed by atoms with Gasteiger partial charge < -0.3 is 19.7 Å². The molecule has 0 bridgehead atoms. The van der Waals surface area contributed by atoms with Crippen LogP contribution in [0.3, 0.4) is 0 Å². The van der Waals surface area contributed by atoms with Crippen LogP contribution in [-0.2, 0) is 17.6 Å². The summed E-state index contributed by atoms with van der Waals surface area (Å²) in [4.78, 5) is 24.6. The highest BCUT2D eigenvalue weighted by atomic mass is 16.7. The third kappa shape index (κ3) is 4.31. The van der Waals surface area contributed by atoms with Gasteiger partial charge in [-0.2, -0.15) is 0 Å². The van der Waals surface area contributed by atoms with Crippen molar-refractivity contribution in [2.45, 2.75) is 58.4 Å². The van der Waals surface area contributed by atoms with Crippen molar-refractivity contribution < 1.29 is 14.3 Å². The zero-order valence-corrected chi connectivity index (χ0v) is 18.3. The van der Waals surface area contributed by atoms with Gasteiger partial charge in [0, 0.05) is 31.3 Å². The number of benzene rings is 1. The number of hydrogen-bond donors (Lipinski definition) is 1. The van der Waals surface area contributed by atoms with Crippen molar-refractivity contribution in [2.24, 2.45) is 5.41 Å². The van der Waals surface area contributed by atoms with Crippen molar-refractivity contribution in [3.05, 3.63) is 41.2 Å². The van der Waals surface area contributed by atoms with Gasteiger partial charge in [0.2, 0.25) is 18.6 Å². The maximum atomic E-state index is 12.8. The standard InChI is InChI=1S/C24H30N4O3/c1-24(2)12-18(17-14-25-23(27-19(17)13-24)28-9-3-4-10-28)26-22(29)8-6-16-5-7-20-21(11-16)31-15-30-20/h5,7,11,14,18H,3-4,6,8-10,12-13,15H2,1-2H3,(H,26,29). The zero-order valence-electron chi connectivity index (χ0n) is 18.3. The van der Waals surface area contributed by atoms with E-state index >= 15 is 0 Å². The number of ether oxygens (including phenoxy) is 2. The zero-order chi connectivity index (χ0) is 21.4. The summed E-state index contributed by atoms with van der Waals surface area (Å²) >= 11 is 0. The third-order valence-corrected chi connectivity index (χ3v) is 6.47. The molecule has 7 heteroatoms. The van der Waals surface area contributed by atoms with Crippen LogP contribution in [0, 0.1) is 5.41 Å². The molecule has 1 saturated heterocycles. The highest BCUT2D eigenvalue weighted by molar-refractivity contribution is 5.77. The molecule has 1 N–H and O–H groups in total. The lowest BCUT2D eigenvalue weighted by atomic mass is 9.74. The van der Waals surface area contributed by atoms with E-state index in [4.69, 9.17) is 14.5 Å². The summed E-state index contributed by atoms with van der Waals surface area (Å²) in [5.74, 6) is 2.41. The number of aromatic nitrogens is 2. The average Bonchev–Trinajstić information content (AvgIpc) is 3.42. The Bertz CT molecular complexity index is 985. The Labute approximate surface area is 183 Å². The van der Waals surface area contributed by atoms with Gasteiger partial charge in [0.25, 0.3) is 0 Å². The molecule has 0 spiro atoms. The van der Waals surface area contributed by atoms with Crippen LogP contribution < -0.4 is 19.7 Å². The van der Waals surface area contributed by atoms with Gasteiger partial charge in [-0.15, -0.1) is 0 Å². The largest absolute Gasteiger partial charge is 0.454 e. The molecule has 0 saturated carbocycles. The number of anilines is 1. The van der Waals surface area contributed by atoms with Gasteiger partial charge in [-0.3, -0.25) is 4.79 Å². The molecule has 1 amide bonds. The van der Waals surface area contributed by atoms with E-state index in [9.17, 15) is 4.79 Å². The molecular weight excluding hydrogens is 392 g/mol. The Morgan fingerprint density at radius 3 is 2.87 bits per heavy atom. The lowest BCUT2D eigenvalue weighted by Gasteiger charge is -2.36. The molecular formula is C24H30N4O3. The summed E-state index contributed by atoms with van der Waals surface area (Å²) in [6.07, 6.45) is 7.24. The predicted octanol–water partition coefficient (Wildman–Crippen LogP) is 3.57. The van der Waals surface area contributed by atoms with Crippen molar-refractivity contribution in [1.82, 2.24) is 15.3 Å². The molecule has 2 aromatic rings. The van der Waals surface area contributed by atoms with Gasteiger partial charge in [-0.25, -0.2) is 9.97 Å². The molecule has 2 aliphatic heterocycles. The normalized spacial score (nSPS) is 21.1. The van der Waals surface area contributed by atoms with E-state index in [-0.39, 0.29) is 24.2 Å². The van der Waals surface area contributed by atoms with E-state index < -0.39 is 0 Å². The van der Waals surface area contributed by atoms with Crippen molar-refractivity contribution >= 4 is 11.9 Å². The molecule has 1 fully saturated rings. The predicted molar refractivity (Wildman–Crippen MR) is 117 cm³/mol. The monoisotopic (exact) mass is 422 g/mol. The first-order chi connectivity index (χ1) is 15.0. The van der Waals surface area contributed by atoms with Crippen LogP contribution in [0.2, 0.25) is 0 Å². The van der Waals surface area contributed by atoms with Gasteiger partial charge in [0.05, 0.1) is 11.7 Å². The van der Waals surface area contributed by atoms with E-state index in [1.165, 1.54) is 12.8 Å². The number of carbonyl (C=O) groups is 1. The summed E-state index contributed by atoms with van der Waals surface area (Å²) in [5.41, 5.74) is 3.30. The Kier molecular flexibility index (Phi) is 5.20. The SMILES string of the molecule is CC1(C)Cc2nc(N3CCCC3)ncc2C(NC(=O)CCc2ccc3c(c2)OCO3)C1. The Morgan fingerprint density at radius 2 is 2.03 bits per heavy atom. The van der Waals surface area contributed by atoms with Crippen LogP contribution in [0.4, 0.5) is 5.95 Å². The summed E-state index contributed by atoms with van der Waals surface area (Å²) < 4.78 is 10.8. The Balaban J connectivity index is 1.27. The van der Waals surface area contributed by atoms with Crippen molar-refractivity contribution in [1.29, 1.82) is 0 Å². The van der Waals surface area contributed by atoms with Crippen molar-refractivity contribution in [3.8, 4) is 11.5 Å². The molecule has 3 heterocycles. The number of aryl methyl sites for hydroxylation is 1. The third-order valence-electron chi connectivity index (χ3n) is 6.47. The van der Waals surface area contributed by atoms with E-state index in [1.807, 2.05) is 24.4 Å². The maximum absolute atomic E-state index is 12.8. The summed E-state index contributed by atoms with van der Waals surface area (Å²) in [7, 11) is 0. The fourth-order valence-corrected chi connectivity index (χ4v) is 4.86. The van der Waals surface area contributed by atoms with Crippen molar-refractivity contribution in [2.75, 3.05) is 24.8 Å². The minimum Gasteiger partial charge on any atom is -0.454 e. The van der Waals surface area contributed by atoms with Gasteiger partial charge in [0.15, 0.2) is 11.5 Å². The summed E-state index contributed by atoms with van der Waals surface area (Å²) in [6.45, 7) is 6.82. The molecule has 7 nitrogen and oxygen atoms in total. The maximum Gasteiger partial charge on any atom is 0.231 e. The molecule has 1 unspecified atom stereocenters. The topological polar surface area (TPSA) is 76.6 Å². The molecule has 1 aromatic heterocycles. The lowest BCUT2D eigenvalue weighted by molar-refractivity contribution is -0.122. The number of amides is 1. The first-order valence-electron chi connectivity index (χ1n) is 11.3. The average molecular weight is 423 g/mol. The van der Waals surface area contributed by atoms with Gasteiger partial charge in [-0.1, -0.05) is 19.9 Å². The second-order valence-corrected chi connectivity index (χ2v) is 9.62. The van der Waals surface area contributed by atoms with Crippen LogP contribution in [0.5, 0.6) is 11.5 Å². The molecule has 3 aliphatic rings. The molecule has 1 atom stereocenters. The van der Waals surface area contributed by atoms with Gasteiger partial charge in [0.1, 0.15) is 0 Å². The highest BCUT2D eigenvalue weighted by Crippen LogP contribution is 2.40. The molecule has 31 heavy (non-hydrogen) atoms. The molecule has 5 rings (SSSR count). The lowest BCUT2D eigenvalue weighted by Crippen LogP contribution is -2.37. The fourth-order valence-electron chi connectivity index (χ4n) is 4.86. The second kappa shape index (κ2) is 8.02. The first-order valence-corrected chi connectivity index (χ1v) is 11.3. The quantitative estimate of drug-likeness (QED) is 0.794. The molecule has 0 radical (unpaired) electrons. The number of nitrogens with zero attached hydrogens (tertiary/aromatic N) is 3. The van der Waals surface area contributed by atoms with Crippen LogP contribution in [-0.4, -0.2) is 35.8 Å². The van der Waals surface area contributed by atoms with E-state index in [0.717, 1.165) is 60.2 Å². The van der Waals surface area contributed by atoms with Crippen LogP contribution in [0.15, 0.2) is 24.4 Å². The molecule has 1 aromatic carbocycles.